The molecule has 0 aliphatic rings. The average molecular weight is 396 g/mol. The summed E-state index contributed by atoms with van der Waals surface area (Å²) in [4.78, 5) is 12.3. The predicted octanol–water partition coefficient (Wildman–Crippen LogP) is 6.04. The Hall–Kier alpha value is -3.31. The molecule has 0 spiro atoms. The van der Waals surface area contributed by atoms with E-state index >= 15 is 0 Å². The van der Waals surface area contributed by atoms with Crippen LogP contribution in [0.5, 0.6) is 5.75 Å². The van der Waals surface area contributed by atoms with Gasteiger partial charge in [-0.1, -0.05) is 35.9 Å². The third-order valence-electron chi connectivity index (χ3n) is 4.36. The van der Waals surface area contributed by atoms with Gasteiger partial charge < -0.3 is 14.5 Å². The highest BCUT2D eigenvalue weighted by Crippen LogP contribution is 2.36. The van der Waals surface area contributed by atoms with E-state index in [1.807, 2.05) is 30.3 Å². The topological polar surface area (TPSA) is 51.5 Å². The van der Waals surface area contributed by atoms with Crippen LogP contribution < -0.4 is 10.1 Å². The molecule has 0 fully saturated rings. The van der Waals surface area contributed by atoms with Crippen LogP contribution in [0.2, 0.25) is 5.02 Å². The molecule has 1 N–H and O–H groups in total. The first-order valence-corrected chi connectivity index (χ1v) is 8.87. The summed E-state index contributed by atoms with van der Waals surface area (Å²) in [5, 5.41) is 4.81. The molecule has 0 saturated heterocycles. The number of furan rings is 1. The van der Waals surface area contributed by atoms with E-state index in [0.29, 0.717) is 17.0 Å². The fraction of sp³-hybridized carbons (Fsp3) is 0.0455. The highest BCUT2D eigenvalue weighted by molar-refractivity contribution is 6.32. The molecule has 0 saturated carbocycles. The third kappa shape index (κ3) is 3.32. The molecule has 0 aliphatic carbocycles. The summed E-state index contributed by atoms with van der Waals surface area (Å²) >= 11 is 5.97. The largest absolute Gasteiger partial charge is 0.495 e. The number of carbonyl (C=O) groups is 1. The number of rotatable bonds is 4. The molecule has 1 amide bonds. The number of anilines is 1. The number of ether oxygens (including phenoxy) is 1. The van der Waals surface area contributed by atoms with E-state index in [9.17, 15) is 9.18 Å². The zero-order valence-electron chi connectivity index (χ0n) is 14.8. The normalized spacial score (nSPS) is 11.4. The van der Waals surface area contributed by atoms with Gasteiger partial charge in [-0.3, -0.25) is 4.79 Å². The van der Waals surface area contributed by atoms with Gasteiger partial charge in [0.25, 0.3) is 0 Å². The number of hydrogen-bond acceptors (Lipinski definition) is 3. The summed E-state index contributed by atoms with van der Waals surface area (Å²) in [5.41, 5.74) is 1.97. The summed E-state index contributed by atoms with van der Waals surface area (Å²) < 4.78 is 25.1. The lowest BCUT2D eigenvalue weighted by Crippen LogP contribution is -2.09. The van der Waals surface area contributed by atoms with Crippen molar-refractivity contribution in [1.29, 1.82) is 0 Å². The number of nitrogens with one attached hydrogen (secondary N) is 1. The molecule has 0 aliphatic heterocycles. The minimum Gasteiger partial charge on any atom is -0.495 e. The highest BCUT2D eigenvalue weighted by Gasteiger charge is 2.13. The van der Waals surface area contributed by atoms with Gasteiger partial charge in [0.1, 0.15) is 22.7 Å². The van der Waals surface area contributed by atoms with Crippen molar-refractivity contribution in [3.8, 4) is 5.75 Å². The summed E-state index contributed by atoms with van der Waals surface area (Å²) in [5.74, 6) is -0.462. The molecule has 28 heavy (non-hydrogen) atoms. The maximum atomic E-state index is 13.8. The Morgan fingerprint density at radius 3 is 2.71 bits per heavy atom. The van der Waals surface area contributed by atoms with Gasteiger partial charge in [0.05, 0.1) is 17.8 Å². The Morgan fingerprint density at radius 1 is 1.11 bits per heavy atom. The predicted molar refractivity (Wildman–Crippen MR) is 109 cm³/mol. The quantitative estimate of drug-likeness (QED) is 0.428. The molecule has 6 heteroatoms. The van der Waals surface area contributed by atoms with E-state index in [2.05, 4.69) is 5.32 Å². The SMILES string of the molecule is COc1cc2c(cc1NC(=O)/C=C/c1c(F)cccc1Cl)oc1ccccc12. The molecule has 140 valence electrons. The lowest BCUT2D eigenvalue weighted by molar-refractivity contribution is -0.111. The third-order valence-corrected chi connectivity index (χ3v) is 4.69. The van der Waals surface area contributed by atoms with Crippen molar-refractivity contribution in [3.05, 3.63) is 77.1 Å². The van der Waals surface area contributed by atoms with E-state index in [1.54, 1.807) is 12.1 Å². The summed E-state index contributed by atoms with van der Waals surface area (Å²) in [7, 11) is 1.52. The fourth-order valence-corrected chi connectivity index (χ4v) is 3.25. The minimum absolute atomic E-state index is 0.152. The number of fused-ring (bicyclic) bond motifs is 3. The van der Waals surface area contributed by atoms with Gasteiger partial charge in [-0.25, -0.2) is 4.39 Å². The van der Waals surface area contributed by atoms with Gasteiger partial charge in [-0.05, 0) is 30.3 Å². The number of para-hydroxylation sites is 1. The second-order valence-electron chi connectivity index (χ2n) is 6.10. The van der Waals surface area contributed by atoms with Gasteiger partial charge in [0.2, 0.25) is 5.91 Å². The van der Waals surface area contributed by atoms with Crippen LogP contribution in [-0.2, 0) is 4.79 Å². The van der Waals surface area contributed by atoms with Gasteiger partial charge >= 0.3 is 0 Å². The average Bonchev–Trinajstić information content (AvgIpc) is 3.04. The maximum Gasteiger partial charge on any atom is 0.248 e. The summed E-state index contributed by atoms with van der Waals surface area (Å²) in [6, 6.07) is 15.5. The lowest BCUT2D eigenvalue weighted by atomic mass is 10.1. The number of hydrogen-bond donors (Lipinski definition) is 1. The van der Waals surface area contributed by atoms with Gasteiger partial charge in [-0.15, -0.1) is 0 Å². The van der Waals surface area contributed by atoms with E-state index in [0.717, 1.165) is 16.4 Å². The Labute approximate surface area is 165 Å². The van der Waals surface area contributed by atoms with E-state index < -0.39 is 11.7 Å². The molecule has 1 heterocycles. The van der Waals surface area contributed by atoms with Crippen molar-refractivity contribution in [2.45, 2.75) is 0 Å². The molecule has 3 aromatic carbocycles. The zero-order chi connectivity index (χ0) is 19.7. The Morgan fingerprint density at radius 2 is 1.93 bits per heavy atom. The minimum atomic E-state index is -0.502. The molecule has 4 rings (SSSR count). The van der Waals surface area contributed by atoms with Crippen molar-refractivity contribution in [2.24, 2.45) is 0 Å². The highest BCUT2D eigenvalue weighted by atomic mass is 35.5. The van der Waals surface area contributed by atoms with E-state index in [-0.39, 0.29) is 10.6 Å². The number of benzene rings is 3. The first kappa shape index (κ1) is 18.1. The standard InChI is InChI=1S/C22H15ClFNO3/c1-27-21-11-15-13-5-2-3-8-19(13)28-20(15)12-18(21)25-22(26)10-9-14-16(23)6-4-7-17(14)24/h2-12H,1H3,(H,25,26)/b10-9+. The summed E-state index contributed by atoms with van der Waals surface area (Å²) in [6.07, 6.45) is 2.55. The number of amides is 1. The fourth-order valence-electron chi connectivity index (χ4n) is 3.02. The van der Waals surface area contributed by atoms with Crippen molar-refractivity contribution in [2.75, 3.05) is 12.4 Å². The van der Waals surface area contributed by atoms with Crippen LogP contribution in [-0.4, -0.2) is 13.0 Å². The van der Waals surface area contributed by atoms with E-state index in [4.69, 9.17) is 20.8 Å². The molecule has 0 bridgehead atoms. The smallest absolute Gasteiger partial charge is 0.248 e. The van der Waals surface area contributed by atoms with Crippen LogP contribution in [0.4, 0.5) is 10.1 Å². The number of methoxy groups -OCH3 is 1. The maximum absolute atomic E-state index is 13.8. The van der Waals surface area contributed by atoms with Crippen molar-refractivity contribution in [3.63, 3.8) is 0 Å². The Balaban J connectivity index is 1.66. The first-order chi connectivity index (χ1) is 13.6. The summed E-state index contributed by atoms with van der Waals surface area (Å²) in [6.45, 7) is 0. The molecule has 4 aromatic rings. The van der Waals surface area contributed by atoms with Gasteiger partial charge in [-0.2, -0.15) is 0 Å². The van der Waals surface area contributed by atoms with Crippen molar-refractivity contribution >= 4 is 51.2 Å². The van der Waals surface area contributed by atoms with Crippen LogP contribution in [0.25, 0.3) is 28.0 Å². The Kier molecular flexibility index (Phi) is 4.75. The van der Waals surface area contributed by atoms with Crippen LogP contribution in [0.1, 0.15) is 5.56 Å². The molecule has 4 nitrogen and oxygen atoms in total. The van der Waals surface area contributed by atoms with Gasteiger partial charge in [0, 0.05) is 28.5 Å². The molecule has 0 unspecified atom stereocenters. The van der Waals surface area contributed by atoms with Crippen molar-refractivity contribution in [1.82, 2.24) is 0 Å². The van der Waals surface area contributed by atoms with Crippen LogP contribution >= 0.6 is 11.6 Å². The van der Waals surface area contributed by atoms with Gasteiger partial charge in [0.15, 0.2) is 0 Å². The molecule has 1 aromatic heterocycles. The van der Waals surface area contributed by atoms with Crippen molar-refractivity contribution < 1.29 is 18.3 Å². The van der Waals surface area contributed by atoms with Crippen LogP contribution in [0.3, 0.4) is 0 Å². The zero-order valence-corrected chi connectivity index (χ0v) is 15.6. The Bertz CT molecular complexity index is 1210. The second-order valence-corrected chi connectivity index (χ2v) is 6.51. The van der Waals surface area contributed by atoms with Crippen LogP contribution in [0.15, 0.2) is 65.1 Å². The second kappa shape index (κ2) is 7.37. The first-order valence-electron chi connectivity index (χ1n) is 8.49. The lowest BCUT2D eigenvalue weighted by Gasteiger charge is -2.09. The van der Waals surface area contributed by atoms with Crippen LogP contribution in [0, 0.1) is 5.82 Å². The molecular formula is C22H15ClFNO3. The monoisotopic (exact) mass is 395 g/mol. The van der Waals surface area contributed by atoms with E-state index in [1.165, 1.54) is 31.4 Å². The molecule has 0 radical (unpaired) electrons. The molecule has 0 atom stereocenters. The molecular weight excluding hydrogens is 381 g/mol. The number of halogens is 2. The number of carbonyl (C=O) groups excluding carboxylic acids is 1.